The van der Waals surface area contributed by atoms with E-state index in [1.807, 2.05) is 6.08 Å². The maximum atomic E-state index is 6.19. The normalized spacial score (nSPS) is 19.3. The van der Waals surface area contributed by atoms with Crippen molar-refractivity contribution in [2.45, 2.75) is 26.3 Å². The number of rotatable bonds is 6. The standard InChI is InChI=1S/C19H27N3O/c1-7-17-8-14(4)9-22(16(17)6)18(13(2)3)15(5)21-10-19(20)11-23-12-19/h7-9,21H,1,5-6,10-12,20H2,2-4H3. The molecule has 0 radical (unpaired) electrons. The lowest BCUT2D eigenvalue weighted by Crippen LogP contribution is -2.62. The van der Waals surface area contributed by atoms with Crippen LogP contribution >= 0.6 is 0 Å². The highest BCUT2D eigenvalue weighted by molar-refractivity contribution is 5.50. The van der Waals surface area contributed by atoms with Crippen LogP contribution in [0.25, 0.3) is 0 Å². The summed E-state index contributed by atoms with van der Waals surface area (Å²) in [5.41, 5.74) is 11.9. The van der Waals surface area contributed by atoms with Gasteiger partial charge in [0.1, 0.15) is 0 Å². The second-order valence-electron chi connectivity index (χ2n) is 6.53. The summed E-state index contributed by atoms with van der Waals surface area (Å²) in [6, 6.07) is 0. The number of hydrogen-bond donors (Lipinski definition) is 2. The third kappa shape index (κ3) is 3.66. The second kappa shape index (κ2) is 6.60. The first-order valence-corrected chi connectivity index (χ1v) is 7.76. The highest BCUT2D eigenvalue weighted by atomic mass is 16.5. The van der Waals surface area contributed by atoms with Crippen molar-refractivity contribution in [1.29, 1.82) is 0 Å². The minimum atomic E-state index is -0.299. The van der Waals surface area contributed by atoms with Gasteiger partial charge in [0.15, 0.2) is 0 Å². The van der Waals surface area contributed by atoms with Crippen molar-refractivity contribution >= 4 is 0 Å². The molecule has 0 spiro atoms. The number of ether oxygens (including phenoxy) is 1. The summed E-state index contributed by atoms with van der Waals surface area (Å²) in [6.07, 6.45) is 5.96. The second-order valence-corrected chi connectivity index (χ2v) is 6.53. The molecule has 23 heavy (non-hydrogen) atoms. The van der Waals surface area contributed by atoms with Crippen LogP contribution in [0.2, 0.25) is 0 Å². The molecule has 2 aliphatic rings. The molecule has 0 unspecified atom stereocenters. The third-order valence-corrected chi connectivity index (χ3v) is 3.99. The van der Waals surface area contributed by atoms with Crippen molar-refractivity contribution in [1.82, 2.24) is 10.2 Å². The molecule has 2 heterocycles. The Hall–Kier alpha value is -2.04. The van der Waals surface area contributed by atoms with E-state index in [1.165, 1.54) is 0 Å². The van der Waals surface area contributed by atoms with Gasteiger partial charge in [0, 0.05) is 18.4 Å². The van der Waals surface area contributed by atoms with E-state index in [2.05, 4.69) is 63.0 Å². The summed E-state index contributed by atoms with van der Waals surface area (Å²) in [6.45, 7) is 20.3. The van der Waals surface area contributed by atoms with Gasteiger partial charge in [-0.3, -0.25) is 0 Å². The van der Waals surface area contributed by atoms with Crippen LogP contribution in [0, 0.1) is 0 Å². The van der Waals surface area contributed by atoms with Gasteiger partial charge in [-0.15, -0.1) is 0 Å². The largest absolute Gasteiger partial charge is 0.382 e. The van der Waals surface area contributed by atoms with Crippen molar-refractivity contribution in [3.63, 3.8) is 0 Å². The first-order chi connectivity index (χ1) is 10.8. The van der Waals surface area contributed by atoms with Crippen molar-refractivity contribution in [2.24, 2.45) is 5.73 Å². The summed E-state index contributed by atoms with van der Waals surface area (Å²) < 4.78 is 5.19. The zero-order valence-corrected chi connectivity index (χ0v) is 14.4. The zero-order valence-electron chi connectivity index (χ0n) is 14.4. The van der Waals surface area contributed by atoms with Crippen LogP contribution in [0.3, 0.4) is 0 Å². The Balaban J connectivity index is 2.20. The Bertz CT molecular complexity index is 629. The predicted molar refractivity (Wildman–Crippen MR) is 96.3 cm³/mol. The molecule has 0 aromatic heterocycles. The third-order valence-electron chi connectivity index (χ3n) is 3.99. The summed E-state index contributed by atoms with van der Waals surface area (Å²) in [5.74, 6) is 0. The van der Waals surface area contributed by atoms with Crippen molar-refractivity contribution in [3.8, 4) is 0 Å². The number of hydrogen-bond acceptors (Lipinski definition) is 4. The van der Waals surface area contributed by atoms with Crippen molar-refractivity contribution in [3.05, 3.63) is 71.9 Å². The van der Waals surface area contributed by atoms with Gasteiger partial charge >= 0.3 is 0 Å². The smallest absolute Gasteiger partial charge is 0.0803 e. The fraction of sp³-hybridized carbons (Fsp3) is 0.368. The molecular weight excluding hydrogens is 286 g/mol. The fourth-order valence-corrected chi connectivity index (χ4v) is 2.68. The van der Waals surface area contributed by atoms with E-state index >= 15 is 0 Å². The van der Waals surface area contributed by atoms with E-state index in [0.717, 1.165) is 33.8 Å². The van der Waals surface area contributed by atoms with Crippen LogP contribution in [0.1, 0.15) is 20.8 Å². The van der Waals surface area contributed by atoms with E-state index in [1.54, 1.807) is 0 Å². The van der Waals surface area contributed by atoms with E-state index in [9.17, 15) is 0 Å². The highest BCUT2D eigenvalue weighted by Crippen LogP contribution is 2.31. The highest BCUT2D eigenvalue weighted by Gasteiger charge is 2.34. The maximum absolute atomic E-state index is 6.19. The van der Waals surface area contributed by atoms with Gasteiger partial charge in [0.25, 0.3) is 0 Å². The Labute approximate surface area is 139 Å². The Kier molecular flexibility index (Phi) is 4.97. The number of allylic oxidation sites excluding steroid dienone is 4. The molecular formula is C19H27N3O. The molecule has 2 rings (SSSR count). The predicted octanol–water partition coefficient (Wildman–Crippen LogP) is 2.96. The van der Waals surface area contributed by atoms with Gasteiger partial charge in [-0.05, 0) is 38.0 Å². The van der Waals surface area contributed by atoms with Gasteiger partial charge in [-0.2, -0.15) is 0 Å². The minimum Gasteiger partial charge on any atom is -0.382 e. The quantitative estimate of drug-likeness (QED) is 0.740. The first kappa shape index (κ1) is 17.3. The Morgan fingerprint density at radius 2 is 2.13 bits per heavy atom. The molecule has 124 valence electrons. The molecule has 0 amide bonds. The van der Waals surface area contributed by atoms with Crippen LogP contribution in [0.15, 0.2) is 71.9 Å². The number of nitrogens with two attached hydrogens (primary N) is 1. The fourth-order valence-electron chi connectivity index (χ4n) is 2.68. The lowest BCUT2D eigenvalue weighted by Gasteiger charge is -2.39. The van der Waals surface area contributed by atoms with Crippen LogP contribution < -0.4 is 11.1 Å². The molecule has 1 fully saturated rings. The molecule has 0 aromatic rings. The molecule has 2 aliphatic heterocycles. The van der Waals surface area contributed by atoms with Gasteiger partial charge < -0.3 is 20.7 Å². The SMILES string of the molecule is C=CC1=CC(C)=CN(C(C(=C)NCC2(N)COC2)=C(C)C)C1=C. The molecule has 3 N–H and O–H groups in total. The molecule has 0 aromatic carbocycles. The average molecular weight is 313 g/mol. The van der Waals surface area contributed by atoms with Crippen LogP contribution in [-0.4, -0.2) is 30.2 Å². The number of nitrogens with one attached hydrogen (secondary N) is 1. The van der Waals surface area contributed by atoms with E-state index in [-0.39, 0.29) is 5.54 Å². The average Bonchev–Trinajstić information content (AvgIpc) is 2.46. The summed E-state index contributed by atoms with van der Waals surface area (Å²) >= 11 is 0. The lowest BCUT2D eigenvalue weighted by molar-refractivity contribution is -0.0510. The Morgan fingerprint density at radius 1 is 1.48 bits per heavy atom. The summed E-state index contributed by atoms with van der Waals surface area (Å²) in [7, 11) is 0. The van der Waals surface area contributed by atoms with E-state index in [4.69, 9.17) is 10.5 Å². The molecule has 0 bridgehead atoms. The molecule has 0 aliphatic carbocycles. The molecule has 4 heteroatoms. The van der Waals surface area contributed by atoms with E-state index < -0.39 is 0 Å². The first-order valence-electron chi connectivity index (χ1n) is 7.76. The van der Waals surface area contributed by atoms with Gasteiger partial charge in [0.2, 0.25) is 0 Å². The van der Waals surface area contributed by atoms with E-state index in [0.29, 0.717) is 19.8 Å². The zero-order chi connectivity index (χ0) is 17.2. The Morgan fingerprint density at radius 3 is 2.61 bits per heavy atom. The lowest BCUT2D eigenvalue weighted by atomic mass is 9.98. The number of nitrogens with zero attached hydrogens (tertiary/aromatic N) is 1. The summed E-state index contributed by atoms with van der Waals surface area (Å²) in [4.78, 5) is 2.07. The van der Waals surface area contributed by atoms with Gasteiger partial charge in [0.05, 0.1) is 30.1 Å². The van der Waals surface area contributed by atoms with Gasteiger partial charge in [-0.25, -0.2) is 0 Å². The van der Waals surface area contributed by atoms with Crippen LogP contribution in [0.4, 0.5) is 0 Å². The molecule has 0 atom stereocenters. The minimum absolute atomic E-state index is 0.299. The van der Waals surface area contributed by atoms with Crippen molar-refractivity contribution < 1.29 is 4.74 Å². The van der Waals surface area contributed by atoms with Crippen LogP contribution in [-0.2, 0) is 4.74 Å². The topological polar surface area (TPSA) is 50.5 Å². The monoisotopic (exact) mass is 313 g/mol. The van der Waals surface area contributed by atoms with Crippen LogP contribution in [0.5, 0.6) is 0 Å². The molecule has 1 saturated heterocycles. The van der Waals surface area contributed by atoms with Crippen molar-refractivity contribution in [2.75, 3.05) is 19.8 Å². The molecule has 0 saturated carbocycles. The summed E-state index contributed by atoms with van der Waals surface area (Å²) in [5, 5.41) is 3.36. The molecule has 4 nitrogen and oxygen atoms in total. The maximum Gasteiger partial charge on any atom is 0.0803 e. The van der Waals surface area contributed by atoms with Gasteiger partial charge in [-0.1, -0.05) is 31.4 Å².